The summed E-state index contributed by atoms with van der Waals surface area (Å²) < 4.78 is 16.1. The average molecular weight is 392 g/mol. The van der Waals surface area contributed by atoms with Gasteiger partial charge in [0.05, 0.1) is 7.11 Å². The summed E-state index contributed by atoms with van der Waals surface area (Å²) in [6.45, 7) is 0.181. The van der Waals surface area contributed by atoms with Gasteiger partial charge in [-0.1, -0.05) is 5.16 Å². The summed E-state index contributed by atoms with van der Waals surface area (Å²) in [5, 5.41) is 3.94. The first-order chi connectivity index (χ1) is 11.6. The second kappa shape index (κ2) is 6.88. The summed E-state index contributed by atoms with van der Waals surface area (Å²) in [7, 11) is 3.24. The van der Waals surface area contributed by atoms with Crippen molar-refractivity contribution in [1.82, 2.24) is 15.0 Å². The van der Waals surface area contributed by atoms with E-state index in [0.717, 1.165) is 11.3 Å². The highest BCUT2D eigenvalue weighted by Gasteiger charge is 2.18. The molecule has 24 heavy (non-hydrogen) atoms. The number of furan rings is 1. The number of methoxy groups -OCH3 is 1. The number of carbonyl (C=O) groups excluding carboxylic acids is 1. The third kappa shape index (κ3) is 3.48. The molecule has 0 fully saturated rings. The molecule has 0 atom stereocenters. The Morgan fingerprint density at radius 3 is 2.62 bits per heavy atom. The van der Waals surface area contributed by atoms with Crippen LogP contribution in [0.25, 0.3) is 11.4 Å². The van der Waals surface area contributed by atoms with E-state index in [1.165, 1.54) is 4.90 Å². The molecule has 0 aliphatic rings. The van der Waals surface area contributed by atoms with Gasteiger partial charge in [-0.25, -0.2) is 0 Å². The Bertz CT molecular complexity index is 841. The van der Waals surface area contributed by atoms with Gasteiger partial charge in [0.25, 0.3) is 5.91 Å². The molecule has 0 N–H and O–H groups in total. The summed E-state index contributed by atoms with van der Waals surface area (Å²) >= 11 is 3.17. The van der Waals surface area contributed by atoms with Crippen molar-refractivity contribution in [2.24, 2.45) is 0 Å². The van der Waals surface area contributed by atoms with E-state index in [9.17, 15) is 4.79 Å². The molecule has 8 heteroatoms. The molecule has 0 saturated heterocycles. The molecule has 1 aromatic carbocycles. The van der Waals surface area contributed by atoms with Crippen LogP contribution in [0.2, 0.25) is 0 Å². The maximum atomic E-state index is 12.2. The average Bonchev–Trinajstić information content (AvgIpc) is 3.23. The van der Waals surface area contributed by atoms with Crippen molar-refractivity contribution in [3.05, 3.63) is 52.7 Å². The topological polar surface area (TPSA) is 81.6 Å². The van der Waals surface area contributed by atoms with E-state index < -0.39 is 0 Å². The third-order valence-corrected chi connectivity index (χ3v) is 3.75. The summed E-state index contributed by atoms with van der Waals surface area (Å²) in [5.74, 6) is 1.50. The van der Waals surface area contributed by atoms with Crippen LogP contribution in [0.1, 0.15) is 16.4 Å². The zero-order chi connectivity index (χ0) is 17.1. The number of rotatable bonds is 5. The number of ether oxygens (including phenoxy) is 1. The van der Waals surface area contributed by atoms with Gasteiger partial charge in [0.15, 0.2) is 10.4 Å². The van der Waals surface area contributed by atoms with Gasteiger partial charge in [-0.05, 0) is 52.3 Å². The Morgan fingerprint density at radius 1 is 1.25 bits per heavy atom. The molecule has 3 aromatic rings. The molecule has 2 aromatic heterocycles. The Hall–Kier alpha value is -2.61. The monoisotopic (exact) mass is 391 g/mol. The summed E-state index contributed by atoms with van der Waals surface area (Å²) in [5.41, 5.74) is 0.801. The van der Waals surface area contributed by atoms with E-state index in [1.54, 1.807) is 26.3 Å². The predicted octanol–water partition coefficient (Wildman–Crippen LogP) is 3.37. The molecule has 124 valence electrons. The fourth-order valence-corrected chi connectivity index (χ4v) is 2.38. The van der Waals surface area contributed by atoms with E-state index in [1.807, 2.05) is 24.3 Å². The number of hydrogen-bond acceptors (Lipinski definition) is 6. The highest BCUT2D eigenvalue weighted by molar-refractivity contribution is 9.10. The van der Waals surface area contributed by atoms with E-state index in [-0.39, 0.29) is 18.2 Å². The summed E-state index contributed by atoms with van der Waals surface area (Å²) in [6, 6.07) is 10.6. The number of hydrogen-bond donors (Lipinski definition) is 0. The maximum absolute atomic E-state index is 12.2. The quantitative estimate of drug-likeness (QED) is 0.662. The molecule has 0 radical (unpaired) electrons. The van der Waals surface area contributed by atoms with Crippen molar-refractivity contribution in [2.45, 2.75) is 6.54 Å². The molecule has 1 amide bonds. The molecule has 2 heterocycles. The molecule has 0 bridgehead atoms. The number of aromatic nitrogens is 2. The zero-order valence-electron chi connectivity index (χ0n) is 13.0. The highest BCUT2D eigenvalue weighted by atomic mass is 79.9. The Balaban J connectivity index is 1.70. The Morgan fingerprint density at radius 2 is 2.00 bits per heavy atom. The maximum Gasteiger partial charge on any atom is 0.289 e. The van der Waals surface area contributed by atoms with Crippen LogP contribution >= 0.6 is 15.9 Å². The minimum Gasteiger partial charge on any atom is -0.497 e. The van der Waals surface area contributed by atoms with Crippen LogP contribution in [0.15, 0.2) is 50.0 Å². The van der Waals surface area contributed by atoms with Gasteiger partial charge < -0.3 is 18.6 Å². The summed E-state index contributed by atoms with van der Waals surface area (Å²) in [4.78, 5) is 18.0. The van der Waals surface area contributed by atoms with Crippen molar-refractivity contribution in [2.75, 3.05) is 14.2 Å². The van der Waals surface area contributed by atoms with Crippen LogP contribution in [-0.2, 0) is 6.54 Å². The highest BCUT2D eigenvalue weighted by Crippen LogP contribution is 2.20. The first-order valence-electron chi connectivity index (χ1n) is 7.04. The van der Waals surface area contributed by atoms with Crippen molar-refractivity contribution < 1.29 is 18.5 Å². The lowest BCUT2D eigenvalue weighted by atomic mass is 10.2. The minimum atomic E-state index is -0.273. The molecule has 0 aliphatic carbocycles. The molecule has 3 rings (SSSR count). The normalized spacial score (nSPS) is 10.6. The van der Waals surface area contributed by atoms with Gasteiger partial charge >= 0.3 is 0 Å². The third-order valence-electron chi connectivity index (χ3n) is 3.32. The first kappa shape index (κ1) is 16.3. The van der Waals surface area contributed by atoms with Crippen LogP contribution < -0.4 is 4.74 Å². The van der Waals surface area contributed by atoms with Crippen LogP contribution in [0, 0.1) is 0 Å². The van der Waals surface area contributed by atoms with Gasteiger partial charge in [0.1, 0.15) is 12.3 Å². The van der Waals surface area contributed by atoms with Gasteiger partial charge in [-0.3, -0.25) is 4.79 Å². The van der Waals surface area contributed by atoms with E-state index in [2.05, 4.69) is 26.1 Å². The van der Waals surface area contributed by atoms with Crippen LogP contribution in [0.4, 0.5) is 0 Å². The molecule has 0 unspecified atom stereocenters. The van der Waals surface area contributed by atoms with Gasteiger partial charge in [0, 0.05) is 12.6 Å². The Kier molecular flexibility index (Phi) is 4.66. The van der Waals surface area contributed by atoms with Gasteiger partial charge in [-0.2, -0.15) is 4.98 Å². The second-order valence-corrected chi connectivity index (χ2v) is 5.79. The predicted molar refractivity (Wildman–Crippen MR) is 88.5 cm³/mol. The fraction of sp³-hybridized carbons (Fsp3) is 0.188. The van der Waals surface area contributed by atoms with E-state index >= 15 is 0 Å². The lowest BCUT2D eigenvalue weighted by Gasteiger charge is -2.12. The number of carbonyl (C=O) groups is 1. The number of benzene rings is 1. The van der Waals surface area contributed by atoms with Gasteiger partial charge in [0.2, 0.25) is 11.7 Å². The molecule has 0 saturated carbocycles. The van der Waals surface area contributed by atoms with Gasteiger partial charge in [-0.15, -0.1) is 0 Å². The van der Waals surface area contributed by atoms with Crippen molar-refractivity contribution in [1.29, 1.82) is 0 Å². The number of amides is 1. The van der Waals surface area contributed by atoms with E-state index in [0.29, 0.717) is 16.4 Å². The van der Waals surface area contributed by atoms with Crippen molar-refractivity contribution in [3.63, 3.8) is 0 Å². The fourth-order valence-electron chi connectivity index (χ4n) is 2.07. The number of halogens is 1. The molecule has 0 aliphatic heterocycles. The van der Waals surface area contributed by atoms with Crippen LogP contribution in [-0.4, -0.2) is 35.1 Å². The van der Waals surface area contributed by atoms with Crippen LogP contribution in [0.5, 0.6) is 5.75 Å². The minimum absolute atomic E-state index is 0.181. The van der Waals surface area contributed by atoms with Crippen LogP contribution in [0.3, 0.4) is 0 Å². The zero-order valence-corrected chi connectivity index (χ0v) is 14.6. The Labute approximate surface area is 146 Å². The summed E-state index contributed by atoms with van der Waals surface area (Å²) in [6.07, 6.45) is 0. The lowest BCUT2D eigenvalue weighted by Crippen LogP contribution is -2.25. The molecular formula is C16H14BrN3O4. The van der Waals surface area contributed by atoms with Crippen molar-refractivity contribution >= 4 is 21.8 Å². The SMILES string of the molecule is COc1ccc(-c2noc(CN(C)C(=O)c3ccc(Br)o3)n2)cc1. The standard InChI is InChI=1S/C16H14BrN3O4/c1-20(16(21)12-7-8-13(17)23-12)9-14-18-15(19-24-14)10-3-5-11(22-2)6-4-10/h3-8H,9H2,1-2H3. The molecule has 0 spiro atoms. The first-order valence-corrected chi connectivity index (χ1v) is 7.84. The molecule has 7 nitrogen and oxygen atoms in total. The van der Waals surface area contributed by atoms with E-state index in [4.69, 9.17) is 13.7 Å². The smallest absolute Gasteiger partial charge is 0.289 e. The second-order valence-electron chi connectivity index (χ2n) is 5.01. The molecular weight excluding hydrogens is 378 g/mol. The van der Waals surface area contributed by atoms with Crippen molar-refractivity contribution in [3.8, 4) is 17.1 Å². The lowest BCUT2D eigenvalue weighted by molar-refractivity contribution is 0.0736. The largest absolute Gasteiger partial charge is 0.497 e. The number of nitrogens with zero attached hydrogens (tertiary/aromatic N) is 3.